The first kappa shape index (κ1) is 27.1. The van der Waals surface area contributed by atoms with Gasteiger partial charge in [-0.2, -0.15) is 4.98 Å². The number of benzene rings is 1. The number of anilines is 2. The Hall–Kier alpha value is -2.49. The Morgan fingerprint density at radius 1 is 1.08 bits per heavy atom. The van der Waals surface area contributed by atoms with Crippen molar-refractivity contribution in [1.29, 1.82) is 0 Å². The van der Waals surface area contributed by atoms with Gasteiger partial charge in [0.1, 0.15) is 10.8 Å². The zero-order valence-corrected chi connectivity index (χ0v) is 24.1. The lowest BCUT2D eigenvalue weighted by Gasteiger charge is -2.38. The third-order valence-electron chi connectivity index (χ3n) is 7.58. The van der Waals surface area contributed by atoms with E-state index in [-0.39, 0.29) is 5.41 Å². The van der Waals surface area contributed by atoms with Crippen LogP contribution in [0.25, 0.3) is 0 Å². The summed E-state index contributed by atoms with van der Waals surface area (Å²) in [6.07, 6.45) is 12.9. The molecule has 2 aromatic heterocycles. The molecule has 200 valence electrons. The summed E-state index contributed by atoms with van der Waals surface area (Å²) in [5.74, 6) is 1.38. The zero-order chi connectivity index (χ0) is 26.4. The zero-order valence-electron chi connectivity index (χ0n) is 21.7. The Balaban J connectivity index is 1.34. The second kappa shape index (κ2) is 12.6. The second-order valence-electron chi connectivity index (χ2n) is 10.2. The van der Waals surface area contributed by atoms with E-state index < -0.39 is 0 Å². The van der Waals surface area contributed by atoms with E-state index in [2.05, 4.69) is 44.6 Å². The van der Waals surface area contributed by atoms with Gasteiger partial charge in [0.2, 0.25) is 5.95 Å². The molecule has 10 heteroatoms. The van der Waals surface area contributed by atoms with E-state index in [0.717, 1.165) is 54.6 Å². The first-order valence-corrected chi connectivity index (χ1v) is 15.0. The fourth-order valence-corrected chi connectivity index (χ4v) is 6.61. The Bertz CT molecular complexity index is 1240. The summed E-state index contributed by atoms with van der Waals surface area (Å²) in [5.41, 5.74) is 1.28. The molecule has 0 unspecified atom stereocenters. The number of thiocarbonyl (C=S) groups is 1. The molecule has 1 aliphatic carbocycles. The van der Waals surface area contributed by atoms with Crippen LogP contribution < -0.4 is 15.5 Å². The maximum Gasteiger partial charge on any atom is 0.232 e. The van der Waals surface area contributed by atoms with E-state index in [1.165, 1.54) is 43.0 Å². The highest BCUT2D eigenvalue weighted by atomic mass is 35.5. The van der Waals surface area contributed by atoms with Crippen LogP contribution >= 0.6 is 35.6 Å². The molecule has 38 heavy (non-hydrogen) atoms. The number of nitrogens with zero attached hydrogens (tertiary/aromatic N) is 5. The molecule has 0 amide bonds. The normalized spacial score (nSPS) is 19.1. The molecule has 1 aromatic carbocycles. The molecule has 7 nitrogen and oxygen atoms in total. The number of hydrogen-bond acceptors (Lipinski definition) is 7. The van der Waals surface area contributed by atoms with Gasteiger partial charge in [-0.25, -0.2) is 15.0 Å². The third kappa shape index (κ3) is 6.74. The minimum absolute atomic E-state index is 0.00644. The van der Waals surface area contributed by atoms with Crippen molar-refractivity contribution >= 4 is 52.5 Å². The third-order valence-corrected chi connectivity index (χ3v) is 8.88. The number of piperidine rings is 1. The molecule has 0 radical (unpaired) electrons. The minimum atomic E-state index is 0.00644. The van der Waals surface area contributed by atoms with Crippen LogP contribution in [0.2, 0.25) is 5.02 Å². The van der Waals surface area contributed by atoms with Crippen molar-refractivity contribution in [2.45, 2.75) is 79.9 Å². The van der Waals surface area contributed by atoms with Gasteiger partial charge in [0, 0.05) is 48.0 Å². The van der Waals surface area contributed by atoms with Crippen molar-refractivity contribution in [1.82, 2.24) is 25.3 Å². The molecule has 1 saturated carbocycles. The van der Waals surface area contributed by atoms with E-state index in [0.29, 0.717) is 22.3 Å². The fraction of sp³-hybridized carbons (Fsp3) is 0.464. The van der Waals surface area contributed by atoms with Crippen molar-refractivity contribution < 1.29 is 0 Å². The highest BCUT2D eigenvalue weighted by Crippen LogP contribution is 2.40. The van der Waals surface area contributed by atoms with Gasteiger partial charge < -0.3 is 15.5 Å². The van der Waals surface area contributed by atoms with Crippen LogP contribution in [0.1, 0.15) is 63.9 Å². The maximum atomic E-state index is 6.37. The van der Waals surface area contributed by atoms with E-state index in [4.69, 9.17) is 33.8 Å². The highest BCUT2D eigenvalue weighted by molar-refractivity contribution is 7.99. The summed E-state index contributed by atoms with van der Waals surface area (Å²) in [6.45, 7) is 3.98. The van der Waals surface area contributed by atoms with Crippen LogP contribution in [0.3, 0.4) is 0 Å². The SMILES string of the molecule is C[C@H]1CCCCN1c1cc(Sc2ncccn2)nc(NC(=S)NCC2(c3cccc(Cl)c3)CCCCC2)n1. The Morgan fingerprint density at radius 3 is 2.66 bits per heavy atom. The van der Waals surface area contributed by atoms with E-state index in [1.807, 2.05) is 24.3 Å². The average Bonchev–Trinajstić information content (AvgIpc) is 2.93. The van der Waals surface area contributed by atoms with Crippen molar-refractivity contribution in [3.63, 3.8) is 0 Å². The number of rotatable bonds is 7. The van der Waals surface area contributed by atoms with Crippen molar-refractivity contribution in [3.8, 4) is 0 Å². The summed E-state index contributed by atoms with van der Waals surface area (Å²) in [5, 5.41) is 9.49. The molecule has 2 fully saturated rings. The molecule has 3 aromatic rings. The summed E-state index contributed by atoms with van der Waals surface area (Å²) >= 11 is 13.5. The van der Waals surface area contributed by atoms with Gasteiger partial charge in [0.15, 0.2) is 10.3 Å². The van der Waals surface area contributed by atoms with Gasteiger partial charge in [0.25, 0.3) is 0 Å². The van der Waals surface area contributed by atoms with Gasteiger partial charge in [-0.05, 0) is 86.8 Å². The largest absolute Gasteiger partial charge is 0.361 e. The monoisotopic (exact) mass is 567 g/mol. The van der Waals surface area contributed by atoms with E-state index in [1.54, 1.807) is 12.4 Å². The van der Waals surface area contributed by atoms with Gasteiger partial charge in [-0.1, -0.05) is 43.0 Å². The molecular weight excluding hydrogens is 534 g/mol. The smallest absolute Gasteiger partial charge is 0.232 e. The number of nitrogens with one attached hydrogen (secondary N) is 2. The minimum Gasteiger partial charge on any atom is -0.361 e. The lowest BCUT2D eigenvalue weighted by molar-refractivity contribution is 0.292. The van der Waals surface area contributed by atoms with Crippen molar-refractivity contribution in [2.75, 3.05) is 23.3 Å². The summed E-state index contributed by atoms with van der Waals surface area (Å²) < 4.78 is 0. The van der Waals surface area contributed by atoms with E-state index in [9.17, 15) is 0 Å². The molecule has 0 spiro atoms. The van der Waals surface area contributed by atoms with Crippen LogP contribution in [0, 0.1) is 0 Å². The predicted octanol–water partition coefficient (Wildman–Crippen LogP) is 6.64. The summed E-state index contributed by atoms with van der Waals surface area (Å²) in [4.78, 5) is 20.7. The van der Waals surface area contributed by atoms with Crippen LogP contribution in [0.4, 0.5) is 11.8 Å². The van der Waals surface area contributed by atoms with Crippen LogP contribution in [-0.4, -0.2) is 44.2 Å². The van der Waals surface area contributed by atoms with Gasteiger partial charge >= 0.3 is 0 Å². The predicted molar refractivity (Wildman–Crippen MR) is 159 cm³/mol. The summed E-state index contributed by atoms with van der Waals surface area (Å²) in [6, 6.07) is 12.5. The molecule has 5 rings (SSSR count). The second-order valence-corrected chi connectivity index (χ2v) is 12.1. The first-order chi connectivity index (χ1) is 18.5. The molecule has 0 bridgehead atoms. The van der Waals surface area contributed by atoms with Crippen molar-refractivity contribution in [2.24, 2.45) is 0 Å². The Kier molecular flexibility index (Phi) is 8.97. The van der Waals surface area contributed by atoms with Crippen LogP contribution in [0.5, 0.6) is 0 Å². The molecule has 2 aliphatic rings. The molecular formula is C28H34ClN7S2. The fourth-order valence-electron chi connectivity index (χ4n) is 5.55. The average molecular weight is 568 g/mol. The molecule has 3 heterocycles. The van der Waals surface area contributed by atoms with E-state index >= 15 is 0 Å². The Morgan fingerprint density at radius 2 is 1.89 bits per heavy atom. The molecule has 1 aliphatic heterocycles. The van der Waals surface area contributed by atoms with Crippen LogP contribution in [-0.2, 0) is 5.41 Å². The number of aromatic nitrogens is 4. The quantitative estimate of drug-likeness (QED) is 0.185. The van der Waals surface area contributed by atoms with Gasteiger partial charge in [-0.15, -0.1) is 0 Å². The molecule has 2 N–H and O–H groups in total. The number of halogens is 1. The van der Waals surface area contributed by atoms with Crippen LogP contribution in [0.15, 0.2) is 59.0 Å². The topological polar surface area (TPSA) is 78.9 Å². The highest BCUT2D eigenvalue weighted by Gasteiger charge is 2.34. The maximum absolute atomic E-state index is 6.37. The molecule has 1 atom stereocenters. The van der Waals surface area contributed by atoms with Gasteiger partial charge in [-0.3, -0.25) is 0 Å². The van der Waals surface area contributed by atoms with Gasteiger partial charge in [0.05, 0.1) is 0 Å². The molecule has 1 saturated heterocycles. The lowest BCUT2D eigenvalue weighted by Crippen LogP contribution is -2.43. The standard InChI is InChI=1S/C28H34ClN7S2/c1-20-9-3-6-16-36(20)23-18-24(38-27-30-14-8-15-31-27)34-25(33-23)35-26(37)32-19-28(12-4-2-5-13-28)21-10-7-11-22(29)17-21/h7-8,10-11,14-15,17-18,20H,2-6,9,12-13,16,19H2,1H3,(H2,32,33,34,35,37)/t20-/m0/s1. The van der Waals surface area contributed by atoms with Crippen molar-refractivity contribution in [3.05, 3.63) is 59.4 Å². The number of hydrogen-bond donors (Lipinski definition) is 2. The Labute approximate surface area is 239 Å². The first-order valence-electron chi connectivity index (χ1n) is 13.4. The summed E-state index contributed by atoms with van der Waals surface area (Å²) in [7, 11) is 0. The lowest BCUT2D eigenvalue weighted by atomic mass is 9.69.